The third-order valence-corrected chi connectivity index (χ3v) is 2.21. The van der Waals surface area contributed by atoms with Gasteiger partial charge in [-0.3, -0.25) is 0 Å². The van der Waals surface area contributed by atoms with Crippen molar-refractivity contribution in [3.8, 4) is 0 Å². The molecule has 1 atom stereocenters. The lowest BCUT2D eigenvalue weighted by Crippen LogP contribution is -2.16. The molecule has 0 aliphatic heterocycles. The Kier molecular flexibility index (Phi) is 3.66. The molecule has 1 heterocycles. The summed E-state index contributed by atoms with van der Waals surface area (Å²) in [5.41, 5.74) is 1.67. The number of aliphatic hydroxyl groups is 1. The van der Waals surface area contributed by atoms with Crippen molar-refractivity contribution in [3.63, 3.8) is 0 Å². The van der Waals surface area contributed by atoms with Crippen LogP contribution in [-0.2, 0) is 0 Å². The molecule has 0 aromatic carbocycles. The van der Waals surface area contributed by atoms with Gasteiger partial charge in [0.1, 0.15) is 5.15 Å². The summed E-state index contributed by atoms with van der Waals surface area (Å²) in [5, 5.41) is 13.0. The van der Waals surface area contributed by atoms with E-state index >= 15 is 0 Å². The number of likely N-dealkylation sites (N-methyl/N-ethyl adjacent to an activating group) is 1. The van der Waals surface area contributed by atoms with E-state index in [1.165, 1.54) is 0 Å². The van der Waals surface area contributed by atoms with Crippen LogP contribution in [-0.4, -0.2) is 23.7 Å². The highest BCUT2D eigenvalue weighted by Crippen LogP contribution is 2.17. The number of rotatable bonds is 3. The zero-order chi connectivity index (χ0) is 9.84. The number of hydrogen-bond donors (Lipinski definition) is 2. The molecule has 0 bridgehead atoms. The molecule has 72 valence electrons. The van der Waals surface area contributed by atoms with Gasteiger partial charge < -0.3 is 10.4 Å². The van der Waals surface area contributed by atoms with Gasteiger partial charge in [-0.05, 0) is 25.6 Å². The Morgan fingerprint density at radius 2 is 2.38 bits per heavy atom. The minimum absolute atomic E-state index is 0.486. The van der Waals surface area contributed by atoms with Crippen LogP contribution in [0.4, 0.5) is 0 Å². The Hall–Kier alpha value is -0.640. The van der Waals surface area contributed by atoms with Crippen LogP contribution in [0.25, 0.3) is 0 Å². The highest BCUT2D eigenvalue weighted by Gasteiger charge is 2.07. The summed E-state index contributed by atoms with van der Waals surface area (Å²) in [5.74, 6) is 0. The van der Waals surface area contributed by atoms with Crippen LogP contribution >= 0.6 is 11.6 Å². The van der Waals surface area contributed by atoms with Gasteiger partial charge in [0.2, 0.25) is 0 Å². The molecule has 0 radical (unpaired) electrons. The van der Waals surface area contributed by atoms with E-state index < -0.39 is 6.10 Å². The Labute approximate surface area is 82.8 Å². The van der Waals surface area contributed by atoms with Crippen molar-refractivity contribution in [2.75, 3.05) is 13.6 Å². The van der Waals surface area contributed by atoms with Crippen molar-refractivity contribution >= 4 is 11.6 Å². The van der Waals surface area contributed by atoms with E-state index in [-0.39, 0.29) is 0 Å². The molecule has 0 fully saturated rings. The van der Waals surface area contributed by atoms with Gasteiger partial charge >= 0.3 is 0 Å². The lowest BCUT2D eigenvalue weighted by Gasteiger charge is -2.10. The molecule has 2 N–H and O–H groups in total. The molecule has 0 amide bonds. The molecule has 0 spiro atoms. The molecular weight excluding hydrogens is 188 g/mol. The van der Waals surface area contributed by atoms with Gasteiger partial charge in [0.05, 0.1) is 6.10 Å². The predicted octanol–water partition coefficient (Wildman–Crippen LogP) is 1.30. The van der Waals surface area contributed by atoms with Crippen molar-refractivity contribution < 1.29 is 5.11 Å². The molecule has 3 nitrogen and oxygen atoms in total. The number of hydrogen-bond acceptors (Lipinski definition) is 3. The summed E-state index contributed by atoms with van der Waals surface area (Å²) in [6.07, 6.45) is 1.07. The first kappa shape index (κ1) is 10.4. The Balaban J connectivity index is 2.84. The average molecular weight is 201 g/mol. The van der Waals surface area contributed by atoms with Crippen LogP contribution in [0, 0.1) is 6.92 Å². The first-order chi connectivity index (χ1) is 6.15. The van der Waals surface area contributed by atoms with E-state index in [1.54, 1.807) is 13.2 Å². The maximum atomic E-state index is 9.59. The standard InChI is InChI=1S/C9H13ClN2O/c1-6-3-7(4-12-9(6)10)8(13)5-11-2/h3-4,8,11,13H,5H2,1-2H3. The third-order valence-electron chi connectivity index (χ3n) is 1.82. The fourth-order valence-corrected chi connectivity index (χ4v) is 1.18. The van der Waals surface area contributed by atoms with Crippen molar-refractivity contribution in [3.05, 3.63) is 28.5 Å². The molecule has 0 saturated carbocycles. The molecule has 0 aliphatic carbocycles. The largest absolute Gasteiger partial charge is 0.387 e. The smallest absolute Gasteiger partial charge is 0.131 e. The van der Waals surface area contributed by atoms with Crippen LogP contribution in [0.15, 0.2) is 12.3 Å². The van der Waals surface area contributed by atoms with Gasteiger partial charge in [0, 0.05) is 18.3 Å². The van der Waals surface area contributed by atoms with E-state index in [0.717, 1.165) is 11.1 Å². The zero-order valence-corrected chi connectivity index (χ0v) is 8.47. The second-order valence-electron chi connectivity index (χ2n) is 2.95. The van der Waals surface area contributed by atoms with Crippen LogP contribution in [0.3, 0.4) is 0 Å². The summed E-state index contributed by atoms with van der Waals surface area (Å²) >= 11 is 5.75. The molecule has 0 aliphatic rings. The first-order valence-electron chi connectivity index (χ1n) is 4.10. The monoisotopic (exact) mass is 200 g/mol. The van der Waals surface area contributed by atoms with E-state index in [1.807, 2.05) is 13.0 Å². The summed E-state index contributed by atoms with van der Waals surface area (Å²) in [6.45, 7) is 2.38. The van der Waals surface area contributed by atoms with Crippen LogP contribution in [0.1, 0.15) is 17.2 Å². The number of halogens is 1. The molecule has 4 heteroatoms. The Morgan fingerprint density at radius 1 is 1.69 bits per heavy atom. The van der Waals surface area contributed by atoms with Gasteiger partial charge in [-0.15, -0.1) is 0 Å². The molecule has 0 saturated heterocycles. The van der Waals surface area contributed by atoms with Gasteiger partial charge in [0.25, 0.3) is 0 Å². The Bertz CT molecular complexity index is 291. The zero-order valence-electron chi connectivity index (χ0n) is 7.71. The van der Waals surface area contributed by atoms with Gasteiger partial charge in [0.15, 0.2) is 0 Å². The second kappa shape index (κ2) is 4.56. The van der Waals surface area contributed by atoms with Gasteiger partial charge in [-0.1, -0.05) is 11.6 Å². The SMILES string of the molecule is CNCC(O)c1cnc(Cl)c(C)c1. The predicted molar refractivity (Wildman–Crippen MR) is 52.9 cm³/mol. The average Bonchev–Trinajstić information content (AvgIpc) is 2.10. The summed E-state index contributed by atoms with van der Waals surface area (Å²) in [7, 11) is 1.79. The van der Waals surface area contributed by atoms with Crippen molar-refractivity contribution in [2.45, 2.75) is 13.0 Å². The maximum absolute atomic E-state index is 9.59. The van der Waals surface area contributed by atoms with Crippen LogP contribution < -0.4 is 5.32 Å². The van der Waals surface area contributed by atoms with Crippen molar-refractivity contribution in [2.24, 2.45) is 0 Å². The molecular formula is C9H13ClN2O. The second-order valence-corrected chi connectivity index (χ2v) is 3.31. The highest BCUT2D eigenvalue weighted by molar-refractivity contribution is 6.30. The number of aryl methyl sites for hydroxylation is 1. The van der Waals surface area contributed by atoms with Crippen LogP contribution in [0.2, 0.25) is 5.15 Å². The lowest BCUT2D eigenvalue weighted by atomic mass is 10.1. The third kappa shape index (κ3) is 2.66. The number of aromatic nitrogens is 1. The lowest BCUT2D eigenvalue weighted by molar-refractivity contribution is 0.177. The van der Waals surface area contributed by atoms with E-state index in [9.17, 15) is 5.11 Å². The molecule has 1 aromatic rings. The molecule has 1 aromatic heterocycles. The van der Waals surface area contributed by atoms with Crippen molar-refractivity contribution in [1.82, 2.24) is 10.3 Å². The maximum Gasteiger partial charge on any atom is 0.131 e. The summed E-state index contributed by atoms with van der Waals surface area (Å²) in [4.78, 5) is 3.96. The topological polar surface area (TPSA) is 45.1 Å². The quantitative estimate of drug-likeness (QED) is 0.723. The molecule has 13 heavy (non-hydrogen) atoms. The number of aliphatic hydroxyl groups excluding tert-OH is 1. The highest BCUT2D eigenvalue weighted by atomic mass is 35.5. The number of nitrogens with zero attached hydrogens (tertiary/aromatic N) is 1. The fourth-order valence-electron chi connectivity index (χ4n) is 1.07. The minimum atomic E-state index is -0.520. The minimum Gasteiger partial charge on any atom is -0.387 e. The number of pyridine rings is 1. The van der Waals surface area contributed by atoms with Crippen molar-refractivity contribution in [1.29, 1.82) is 0 Å². The summed E-state index contributed by atoms with van der Waals surface area (Å²) in [6, 6.07) is 1.84. The van der Waals surface area contributed by atoms with Gasteiger partial charge in [-0.25, -0.2) is 4.98 Å². The number of nitrogens with one attached hydrogen (secondary N) is 1. The van der Waals surface area contributed by atoms with E-state index in [0.29, 0.717) is 11.7 Å². The normalized spacial score (nSPS) is 12.9. The van der Waals surface area contributed by atoms with Gasteiger partial charge in [-0.2, -0.15) is 0 Å². The Morgan fingerprint density at radius 3 is 2.92 bits per heavy atom. The fraction of sp³-hybridized carbons (Fsp3) is 0.444. The summed E-state index contributed by atoms with van der Waals surface area (Å²) < 4.78 is 0. The van der Waals surface area contributed by atoms with E-state index in [2.05, 4.69) is 10.3 Å². The first-order valence-corrected chi connectivity index (χ1v) is 4.47. The van der Waals surface area contributed by atoms with Crippen LogP contribution in [0.5, 0.6) is 0 Å². The molecule has 1 unspecified atom stereocenters. The molecule has 1 rings (SSSR count). The van der Waals surface area contributed by atoms with E-state index in [4.69, 9.17) is 11.6 Å².